The lowest BCUT2D eigenvalue weighted by Crippen LogP contribution is -2.41. The molecule has 0 aromatic carbocycles. The lowest BCUT2D eigenvalue weighted by atomic mass is 10.2. The molecule has 0 bridgehead atoms. The van der Waals surface area contributed by atoms with Crippen molar-refractivity contribution in [2.24, 2.45) is 0 Å². The van der Waals surface area contributed by atoms with Crippen molar-refractivity contribution >= 4 is 21.6 Å². The molecule has 0 aliphatic carbocycles. The summed E-state index contributed by atoms with van der Waals surface area (Å²) in [5.74, 6) is 0.668. The molecule has 0 radical (unpaired) electrons. The van der Waals surface area contributed by atoms with Crippen LogP contribution in [0, 0.1) is 13.8 Å². The van der Waals surface area contributed by atoms with E-state index in [1.807, 2.05) is 0 Å². The molecule has 102 valence electrons. The fourth-order valence-electron chi connectivity index (χ4n) is 2.16. The van der Waals surface area contributed by atoms with Crippen LogP contribution in [0.3, 0.4) is 0 Å². The van der Waals surface area contributed by atoms with Gasteiger partial charge < -0.3 is 14.8 Å². The molecule has 1 aliphatic heterocycles. The highest BCUT2D eigenvalue weighted by Gasteiger charge is 2.17. The van der Waals surface area contributed by atoms with Crippen LogP contribution in [0.5, 0.6) is 5.88 Å². The first-order valence-corrected chi connectivity index (χ1v) is 7.23. The summed E-state index contributed by atoms with van der Waals surface area (Å²) in [5, 5.41) is 4.32. The molecule has 5 nitrogen and oxygen atoms in total. The Morgan fingerprint density at radius 2 is 2.37 bits per heavy atom. The highest BCUT2D eigenvalue weighted by Crippen LogP contribution is 2.33. The molecule has 1 N–H and O–H groups in total. The van der Waals surface area contributed by atoms with Crippen molar-refractivity contribution in [1.29, 1.82) is 0 Å². The van der Waals surface area contributed by atoms with Crippen molar-refractivity contribution < 1.29 is 9.47 Å². The van der Waals surface area contributed by atoms with Gasteiger partial charge in [-0.05, 0) is 19.4 Å². The molecule has 1 aliphatic rings. The number of hydrogen-bond donors (Lipinski definition) is 1. The third kappa shape index (κ3) is 2.56. The number of morpholine rings is 1. The van der Waals surface area contributed by atoms with E-state index in [0.29, 0.717) is 12.5 Å². The Bertz CT molecular complexity index is 579. The van der Waals surface area contributed by atoms with Crippen LogP contribution in [0.4, 0.5) is 0 Å². The minimum absolute atomic E-state index is 0.0961. The van der Waals surface area contributed by atoms with Gasteiger partial charge in [0.2, 0.25) is 5.88 Å². The van der Waals surface area contributed by atoms with Crippen LogP contribution in [-0.2, 0) is 4.74 Å². The number of aryl methyl sites for hydroxylation is 2. The number of nitrogens with zero attached hydrogens (tertiary/aromatic N) is 2. The highest BCUT2D eigenvalue weighted by atomic mass is 32.1. The number of rotatable bonds is 3. The van der Waals surface area contributed by atoms with Gasteiger partial charge in [-0.2, -0.15) is 0 Å². The van der Waals surface area contributed by atoms with Crippen molar-refractivity contribution in [3.63, 3.8) is 0 Å². The Kier molecular flexibility index (Phi) is 3.63. The number of fused-ring (bicyclic) bond motifs is 1. The minimum atomic E-state index is 0.0961. The summed E-state index contributed by atoms with van der Waals surface area (Å²) < 4.78 is 11.5. The first-order valence-electron chi connectivity index (χ1n) is 6.41. The summed E-state index contributed by atoms with van der Waals surface area (Å²) >= 11 is 1.68. The van der Waals surface area contributed by atoms with Crippen molar-refractivity contribution in [2.45, 2.75) is 20.0 Å². The zero-order valence-corrected chi connectivity index (χ0v) is 11.9. The second-order valence-corrected chi connectivity index (χ2v) is 5.85. The quantitative estimate of drug-likeness (QED) is 0.926. The van der Waals surface area contributed by atoms with Crippen molar-refractivity contribution in [1.82, 2.24) is 15.3 Å². The number of ether oxygens (including phenoxy) is 2. The molecule has 0 spiro atoms. The number of nitrogens with one attached hydrogen (secondary N) is 1. The zero-order chi connectivity index (χ0) is 13.2. The fourth-order valence-corrected chi connectivity index (χ4v) is 3.15. The third-order valence-electron chi connectivity index (χ3n) is 3.34. The summed E-state index contributed by atoms with van der Waals surface area (Å²) in [7, 11) is 0. The number of hydrogen-bond acceptors (Lipinski definition) is 6. The monoisotopic (exact) mass is 279 g/mol. The Labute approximate surface area is 116 Å². The third-order valence-corrected chi connectivity index (χ3v) is 4.46. The molecule has 2 aromatic heterocycles. The van der Waals surface area contributed by atoms with Crippen LogP contribution < -0.4 is 10.1 Å². The van der Waals surface area contributed by atoms with Crippen molar-refractivity contribution in [3.05, 3.63) is 16.8 Å². The smallest absolute Gasteiger partial charge is 0.225 e. The summed E-state index contributed by atoms with van der Waals surface area (Å²) in [6.45, 7) is 7.19. The summed E-state index contributed by atoms with van der Waals surface area (Å²) in [6, 6.07) is 0. The molecule has 3 heterocycles. The Balaban J connectivity index is 1.80. The standard InChI is InChI=1S/C13H17N3O2S/c1-8-9(2)19-13-11(8)12(15-7-16-13)18-6-10-5-14-3-4-17-10/h7,10,14H,3-6H2,1-2H3. The Morgan fingerprint density at radius 3 is 3.16 bits per heavy atom. The van der Waals surface area contributed by atoms with Gasteiger partial charge in [0.1, 0.15) is 23.9 Å². The van der Waals surface area contributed by atoms with E-state index < -0.39 is 0 Å². The van der Waals surface area contributed by atoms with Crippen LogP contribution >= 0.6 is 11.3 Å². The van der Waals surface area contributed by atoms with E-state index in [1.165, 1.54) is 10.4 Å². The van der Waals surface area contributed by atoms with Crippen LogP contribution in [0.15, 0.2) is 6.33 Å². The molecule has 19 heavy (non-hydrogen) atoms. The summed E-state index contributed by atoms with van der Waals surface area (Å²) in [6.07, 6.45) is 1.66. The van der Waals surface area contributed by atoms with Crippen LogP contribution in [0.1, 0.15) is 10.4 Å². The number of thiophene rings is 1. The average molecular weight is 279 g/mol. The van der Waals surface area contributed by atoms with Gasteiger partial charge in [-0.3, -0.25) is 0 Å². The van der Waals surface area contributed by atoms with Gasteiger partial charge >= 0.3 is 0 Å². The van der Waals surface area contributed by atoms with Crippen LogP contribution in [0.2, 0.25) is 0 Å². The Hall–Kier alpha value is -1.24. The van der Waals surface area contributed by atoms with E-state index in [9.17, 15) is 0 Å². The lowest BCUT2D eigenvalue weighted by Gasteiger charge is -2.23. The van der Waals surface area contributed by atoms with Gasteiger partial charge in [-0.15, -0.1) is 11.3 Å². The average Bonchev–Trinajstić information content (AvgIpc) is 2.74. The van der Waals surface area contributed by atoms with Gasteiger partial charge in [0.25, 0.3) is 0 Å². The maximum Gasteiger partial charge on any atom is 0.225 e. The summed E-state index contributed by atoms with van der Waals surface area (Å²) in [4.78, 5) is 10.8. The summed E-state index contributed by atoms with van der Waals surface area (Å²) in [5.41, 5.74) is 1.21. The molecular formula is C13H17N3O2S. The van der Waals surface area contributed by atoms with Gasteiger partial charge in [0.05, 0.1) is 12.0 Å². The van der Waals surface area contributed by atoms with Crippen molar-refractivity contribution in [2.75, 3.05) is 26.3 Å². The second kappa shape index (κ2) is 5.40. The normalized spacial score (nSPS) is 19.8. The van der Waals surface area contributed by atoms with E-state index in [4.69, 9.17) is 9.47 Å². The lowest BCUT2D eigenvalue weighted by molar-refractivity contribution is -0.000408. The van der Waals surface area contributed by atoms with E-state index in [0.717, 1.165) is 29.9 Å². The molecule has 1 unspecified atom stereocenters. The fraction of sp³-hybridized carbons (Fsp3) is 0.538. The molecule has 0 saturated carbocycles. The van der Waals surface area contributed by atoms with E-state index in [-0.39, 0.29) is 6.10 Å². The first-order chi connectivity index (χ1) is 9.25. The van der Waals surface area contributed by atoms with Crippen LogP contribution in [0.25, 0.3) is 10.2 Å². The van der Waals surface area contributed by atoms with E-state index in [2.05, 4.69) is 29.1 Å². The van der Waals surface area contributed by atoms with Crippen molar-refractivity contribution in [3.8, 4) is 5.88 Å². The van der Waals surface area contributed by atoms with E-state index >= 15 is 0 Å². The van der Waals surface area contributed by atoms with Crippen LogP contribution in [-0.4, -0.2) is 42.4 Å². The SMILES string of the molecule is Cc1sc2ncnc(OCC3CNCCO3)c2c1C. The maximum absolute atomic E-state index is 5.84. The largest absolute Gasteiger partial charge is 0.474 e. The predicted molar refractivity (Wildman–Crippen MR) is 75.0 cm³/mol. The molecule has 3 rings (SSSR count). The zero-order valence-electron chi connectivity index (χ0n) is 11.1. The molecule has 6 heteroatoms. The molecular weight excluding hydrogens is 262 g/mol. The molecule has 1 fully saturated rings. The minimum Gasteiger partial charge on any atom is -0.474 e. The molecule has 1 atom stereocenters. The Morgan fingerprint density at radius 1 is 1.47 bits per heavy atom. The second-order valence-electron chi connectivity index (χ2n) is 4.65. The van der Waals surface area contributed by atoms with Gasteiger partial charge in [0.15, 0.2) is 0 Å². The van der Waals surface area contributed by atoms with Gasteiger partial charge in [-0.25, -0.2) is 9.97 Å². The molecule has 2 aromatic rings. The van der Waals surface area contributed by atoms with Gasteiger partial charge in [-0.1, -0.05) is 0 Å². The molecule has 1 saturated heterocycles. The maximum atomic E-state index is 5.84. The van der Waals surface area contributed by atoms with Gasteiger partial charge in [0, 0.05) is 18.0 Å². The predicted octanol–water partition coefficient (Wildman–Crippen LogP) is 1.68. The molecule has 0 amide bonds. The number of aromatic nitrogens is 2. The first kappa shape index (κ1) is 12.8. The topological polar surface area (TPSA) is 56.3 Å². The van der Waals surface area contributed by atoms with E-state index in [1.54, 1.807) is 17.7 Å². The highest BCUT2D eigenvalue weighted by molar-refractivity contribution is 7.18.